The molecule has 2 aromatic carbocycles. The van der Waals surface area contributed by atoms with Crippen LogP contribution in [0.15, 0.2) is 64.9 Å². The number of halogens is 2. The SMILES string of the molecule is CC1=C(c2ccc(NC(=O)c3c(F)cccc3F)cc2)CN(c2ncco2)CC1. The highest BCUT2D eigenvalue weighted by Crippen LogP contribution is 2.29. The van der Waals surface area contributed by atoms with Crippen molar-refractivity contribution in [3.63, 3.8) is 0 Å². The van der Waals surface area contributed by atoms with Crippen LogP contribution in [0.5, 0.6) is 0 Å². The summed E-state index contributed by atoms with van der Waals surface area (Å²) in [6, 6.07) is 11.1. The number of anilines is 2. The molecule has 148 valence electrons. The Morgan fingerprint density at radius 3 is 2.52 bits per heavy atom. The van der Waals surface area contributed by atoms with Crippen LogP contribution in [-0.2, 0) is 0 Å². The van der Waals surface area contributed by atoms with Crippen molar-refractivity contribution in [1.29, 1.82) is 0 Å². The van der Waals surface area contributed by atoms with E-state index in [0.29, 0.717) is 18.2 Å². The summed E-state index contributed by atoms with van der Waals surface area (Å²) in [6.45, 7) is 3.59. The largest absolute Gasteiger partial charge is 0.432 e. The van der Waals surface area contributed by atoms with Gasteiger partial charge in [0.15, 0.2) is 0 Å². The van der Waals surface area contributed by atoms with E-state index >= 15 is 0 Å². The van der Waals surface area contributed by atoms with Crippen molar-refractivity contribution in [3.05, 3.63) is 83.3 Å². The van der Waals surface area contributed by atoms with E-state index in [1.165, 1.54) is 11.6 Å². The molecule has 1 aliphatic heterocycles. The average Bonchev–Trinajstić information content (AvgIpc) is 3.24. The fraction of sp³-hybridized carbons (Fsp3) is 0.182. The van der Waals surface area contributed by atoms with Gasteiger partial charge in [0.25, 0.3) is 11.9 Å². The van der Waals surface area contributed by atoms with Gasteiger partial charge in [-0.1, -0.05) is 23.8 Å². The molecule has 0 atom stereocenters. The Bertz CT molecular complexity index is 1040. The summed E-state index contributed by atoms with van der Waals surface area (Å²) >= 11 is 0. The monoisotopic (exact) mass is 395 g/mol. The summed E-state index contributed by atoms with van der Waals surface area (Å²) in [4.78, 5) is 18.5. The molecule has 0 radical (unpaired) electrons. The highest BCUT2D eigenvalue weighted by atomic mass is 19.1. The standard InChI is InChI=1S/C22H19F2N3O2/c1-14-9-11-27(22-25-10-12-29-22)13-17(14)15-5-7-16(8-6-15)26-21(28)20-18(23)3-2-4-19(20)24/h2-8,10,12H,9,11,13H2,1H3,(H,26,28). The first kappa shape index (κ1) is 18.9. The molecule has 2 heterocycles. The van der Waals surface area contributed by atoms with E-state index in [4.69, 9.17) is 4.42 Å². The number of carbonyl (C=O) groups excluding carboxylic acids is 1. The lowest BCUT2D eigenvalue weighted by Gasteiger charge is -2.29. The molecule has 0 unspecified atom stereocenters. The molecule has 0 aliphatic carbocycles. The van der Waals surface area contributed by atoms with Crippen molar-refractivity contribution in [2.75, 3.05) is 23.3 Å². The van der Waals surface area contributed by atoms with Crippen LogP contribution in [0.25, 0.3) is 5.57 Å². The van der Waals surface area contributed by atoms with Gasteiger partial charge >= 0.3 is 0 Å². The predicted molar refractivity (Wildman–Crippen MR) is 107 cm³/mol. The Morgan fingerprint density at radius 2 is 1.86 bits per heavy atom. The Hall–Kier alpha value is -3.48. The van der Waals surface area contributed by atoms with Crippen molar-refractivity contribution >= 4 is 23.2 Å². The van der Waals surface area contributed by atoms with E-state index in [1.807, 2.05) is 12.1 Å². The molecule has 1 aromatic heterocycles. The first-order valence-corrected chi connectivity index (χ1v) is 9.22. The van der Waals surface area contributed by atoms with E-state index in [-0.39, 0.29) is 0 Å². The lowest BCUT2D eigenvalue weighted by atomic mass is 9.95. The Labute approximate surface area is 166 Å². The summed E-state index contributed by atoms with van der Waals surface area (Å²) in [5, 5.41) is 2.54. The molecule has 7 heteroatoms. The van der Waals surface area contributed by atoms with Crippen LogP contribution in [0, 0.1) is 11.6 Å². The van der Waals surface area contributed by atoms with Crippen LogP contribution in [0.2, 0.25) is 0 Å². The quantitative estimate of drug-likeness (QED) is 0.683. The predicted octanol–water partition coefficient (Wildman–Crippen LogP) is 4.89. The number of rotatable bonds is 4. The van der Waals surface area contributed by atoms with Crippen LogP contribution in [0.3, 0.4) is 0 Å². The first-order chi connectivity index (χ1) is 14.0. The van der Waals surface area contributed by atoms with Crippen molar-refractivity contribution in [1.82, 2.24) is 4.98 Å². The maximum atomic E-state index is 13.8. The maximum Gasteiger partial charge on any atom is 0.297 e. The smallest absolute Gasteiger partial charge is 0.297 e. The molecule has 0 bridgehead atoms. The van der Waals surface area contributed by atoms with Gasteiger partial charge in [-0.05, 0) is 48.7 Å². The summed E-state index contributed by atoms with van der Waals surface area (Å²) in [5.74, 6) is -2.61. The maximum absolute atomic E-state index is 13.8. The second-order valence-electron chi connectivity index (χ2n) is 6.87. The van der Waals surface area contributed by atoms with Gasteiger partial charge in [-0.15, -0.1) is 0 Å². The molecule has 1 aliphatic rings. The summed E-state index contributed by atoms with van der Waals surface area (Å²) < 4.78 is 33.0. The number of hydrogen-bond acceptors (Lipinski definition) is 4. The van der Waals surface area contributed by atoms with Crippen molar-refractivity contribution in [2.45, 2.75) is 13.3 Å². The highest BCUT2D eigenvalue weighted by molar-refractivity contribution is 6.04. The minimum atomic E-state index is -0.895. The number of amides is 1. The Morgan fingerprint density at radius 1 is 1.14 bits per heavy atom. The molecule has 5 nitrogen and oxygen atoms in total. The molecule has 3 aromatic rings. The highest BCUT2D eigenvalue weighted by Gasteiger charge is 2.21. The molecule has 1 N–H and O–H groups in total. The molecule has 0 saturated heterocycles. The number of nitrogens with one attached hydrogen (secondary N) is 1. The van der Waals surface area contributed by atoms with Gasteiger partial charge in [-0.2, -0.15) is 0 Å². The van der Waals surface area contributed by atoms with Crippen molar-refractivity contribution in [3.8, 4) is 0 Å². The fourth-order valence-corrected chi connectivity index (χ4v) is 3.39. The molecule has 0 spiro atoms. The van der Waals surface area contributed by atoms with Crippen LogP contribution >= 0.6 is 0 Å². The van der Waals surface area contributed by atoms with Gasteiger partial charge in [0.05, 0.1) is 6.20 Å². The molecule has 4 rings (SSSR count). The molecular formula is C22H19F2N3O2. The first-order valence-electron chi connectivity index (χ1n) is 9.22. The molecule has 1 amide bonds. The van der Waals surface area contributed by atoms with E-state index in [1.54, 1.807) is 24.6 Å². The zero-order valence-electron chi connectivity index (χ0n) is 15.8. The zero-order chi connectivity index (χ0) is 20.4. The summed E-state index contributed by atoms with van der Waals surface area (Å²) in [6.07, 6.45) is 4.06. The van der Waals surface area contributed by atoms with Crippen LogP contribution in [-0.4, -0.2) is 24.0 Å². The molecule has 0 saturated carbocycles. The normalized spacial score (nSPS) is 14.2. The van der Waals surface area contributed by atoms with Crippen LogP contribution in [0.4, 0.5) is 20.5 Å². The fourth-order valence-electron chi connectivity index (χ4n) is 3.39. The lowest BCUT2D eigenvalue weighted by molar-refractivity contribution is 0.101. The minimum Gasteiger partial charge on any atom is -0.432 e. The summed E-state index contributed by atoms with van der Waals surface area (Å²) in [7, 11) is 0. The number of nitrogens with zero attached hydrogens (tertiary/aromatic N) is 2. The number of benzene rings is 2. The van der Waals surface area contributed by atoms with E-state index in [0.717, 1.165) is 36.2 Å². The van der Waals surface area contributed by atoms with E-state index < -0.39 is 23.1 Å². The Kier molecular flexibility index (Phi) is 5.12. The molecule has 0 fully saturated rings. The number of oxazole rings is 1. The second kappa shape index (κ2) is 7.87. The number of carbonyl (C=O) groups is 1. The minimum absolute atomic E-state index is 0.458. The molecule has 29 heavy (non-hydrogen) atoms. The van der Waals surface area contributed by atoms with Gasteiger partial charge in [-0.3, -0.25) is 4.79 Å². The Balaban J connectivity index is 1.51. The van der Waals surface area contributed by atoms with Crippen molar-refractivity contribution in [2.24, 2.45) is 0 Å². The van der Waals surface area contributed by atoms with Gasteiger partial charge in [-0.25, -0.2) is 13.8 Å². The second-order valence-corrected chi connectivity index (χ2v) is 6.87. The van der Waals surface area contributed by atoms with Gasteiger partial charge < -0.3 is 14.6 Å². The van der Waals surface area contributed by atoms with Gasteiger partial charge in [0, 0.05) is 18.8 Å². The van der Waals surface area contributed by atoms with Crippen LogP contribution < -0.4 is 10.2 Å². The van der Waals surface area contributed by atoms with Gasteiger partial charge in [0.1, 0.15) is 23.5 Å². The number of aromatic nitrogens is 1. The zero-order valence-corrected chi connectivity index (χ0v) is 15.8. The number of hydrogen-bond donors (Lipinski definition) is 1. The third kappa shape index (κ3) is 3.89. The molecular weight excluding hydrogens is 376 g/mol. The third-order valence-corrected chi connectivity index (χ3v) is 4.99. The summed E-state index contributed by atoms with van der Waals surface area (Å²) in [5.41, 5.74) is 3.31. The third-order valence-electron chi connectivity index (χ3n) is 4.99. The lowest BCUT2D eigenvalue weighted by Crippen LogP contribution is -2.31. The van der Waals surface area contributed by atoms with Gasteiger partial charge in [0.2, 0.25) is 0 Å². The topological polar surface area (TPSA) is 58.4 Å². The van der Waals surface area contributed by atoms with Crippen LogP contribution in [0.1, 0.15) is 29.3 Å². The average molecular weight is 395 g/mol. The van der Waals surface area contributed by atoms with E-state index in [2.05, 4.69) is 22.1 Å². The van der Waals surface area contributed by atoms with E-state index in [9.17, 15) is 13.6 Å². The van der Waals surface area contributed by atoms with Crippen molar-refractivity contribution < 1.29 is 18.0 Å².